The Morgan fingerprint density at radius 2 is 1.71 bits per heavy atom. The van der Waals surface area contributed by atoms with Crippen LogP contribution in [0.2, 0.25) is 15.1 Å². The zero-order valence-corrected chi connectivity index (χ0v) is 23.2. The van der Waals surface area contributed by atoms with Crippen LogP contribution in [0.5, 0.6) is 0 Å². The summed E-state index contributed by atoms with van der Waals surface area (Å²) >= 11 is 18.7. The Balaban J connectivity index is 2.28. The first-order chi connectivity index (χ1) is 16.4. The minimum Gasteiger partial charge on any atom is -0.357 e. The number of benzene rings is 2. The average Bonchev–Trinajstić information content (AvgIpc) is 2.79. The monoisotopic (exact) mass is 561 g/mol. The Morgan fingerprint density at radius 1 is 1.09 bits per heavy atom. The van der Waals surface area contributed by atoms with E-state index < -0.39 is 16.1 Å². The topological polar surface area (TPSA) is 86.8 Å². The van der Waals surface area contributed by atoms with Crippen molar-refractivity contribution in [2.45, 2.75) is 45.7 Å². The van der Waals surface area contributed by atoms with Gasteiger partial charge in [0.1, 0.15) is 6.04 Å². The van der Waals surface area contributed by atoms with Crippen molar-refractivity contribution in [2.24, 2.45) is 0 Å². The molecular weight excluding hydrogens is 533 g/mol. The lowest BCUT2D eigenvalue weighted by Gasteiger charge is -2.31. The molecule has 35 heavy (non-hydrogen) atoms. The number of anilines is 1. The molecule has 0 aromatic heterocycles. The Hall–Kier alpha value is -2.00. The number of nitrogens with zero attached hydrogens (tertiary/aromatic N) is 2. The summed E-state index contributed by atoms with van der Waals surface area (Å²) in [5.41, 5.74) is 1.75. The van der Waals surface area contributed by atoms with Crippen molar-refractivity contribution in [1.82, 2.24) is 10.2 Å². The Bertz CT molecular complexity index is 1150. The second-order valence-electron chi connectivity index (χ2n) is 8.13. The molecule has 2 amide bonds. The molecule has 0 aliphatic rings. The fraction of sp³-hybridized carbons (Fsp3) is 0.417. The number of sulfonamides is 1. The molecule has 1 atom stereocenters. The summed E-state index contributed by atoms with van der Waals surface area (Å²) in [6.07, 6.45) is 1.74. The molecule has 0 saturated heterocycles. The van der Waals surface area contributed by atoms with E-state index >= 15 is 0 Å². The Morgan fingerprint density at radius 3 is 2.26 bits per heavy atom. The quantitative estimate of drug-likeness (QED) is 0.415. The van der Waals surface area contributed by atoms with E-state index in [0.717, 1.165) is 11.8 Å². The van der Waals surface area contributed by atoms with Crippen molar-refractivity contribution in [2.75, 3.05) is 24.2 Å². The third-order valence-electron chi connectivity index (χ3n) is 5.61. The summed E-state index contributed by atoms with van der Waals surface area (Å²) in [4.78, 5) is 27.3. The van der Waals surface area contributed by atoms with Crippen LogP contribution in [-0.4, -0.2) is 51.0 Å². The lowest BCUT2D eigenvalue weighted by atomic mass is 10.1. The summed E-state index contributed by atoms with van der Waals surface area (Å²) in [6.45, 7) is 3.72. The number of nitrogens with one attached hydrogen (secondary N) is 1. The van der Waals surface area contributed by atoms with Gasteiger partial charge in [0.15, 0.2) is 0 Å². The molecule has 0 saturated carbocycles. The zero-order valence-electron chi connectivity index (χ0n) is 20.1. The first-order valence-electron chi connectivity index (χ1n) is 11.1. The van der Waals surface area contributed by atoms with Gasteiger partial charge in [0.25, 0.3) is 0 Å². The van der Waals surface area contributed by atoms with E-state index in [2.05, 4.69) is 5.32 Å². The molecule has 0 spiro atoms. The lowest BCUT2D eigenvalue weighted by molar-refractivity contribution is -0.141. The molecule has 0 bridgehead atoms. The minimum atomic E-state index is -3.62. The summed E-state index contributed by atoms with van der Waals surface area (Å²) in [7, 11) is -2.12. The van der Waals surface area contributed by atoms with Crippen molar-refractivity contribution in [3.8, 4) is 0 Å². The molecule has 7 nitrogen and oxygen atoms in total. The molecule has 2 aromatic carbocycles. The van der Waals surface area contributed by atoms with Gasteiger partial charge in [-0.05, 0) is 49.6 Å². The van der Waals surface area contributed by atoms with Crippen molar-refractivity contribution in [1.29, 1.82) is 0 Å². The SMILES string of the molecule is CC[C@H](C(=O)NC)N(Cc1c(Cl)cccc1Cl)C(=O)CCCN(c1cc(Cl)ccc1C)S(C)(=O)=O. The van der Waals surface area contributed by atoms with Crippen LogP contribution in [0.1, 0.15) is 37.3 Å². The molecular formula is C24H30Cl3N3O4S. The van der Waals surface area contributed by atoms with Crippen LogP contribution in [0.4, 0.5) is 5.69 Å². The molecule has 2 aromatic rings. The molecule has 0 unspecified atom stereocenters. The molecule has 0 radical (unpaired) electrons. The van der Waals surface area contributed by atoms with Gasteiger partial charge < -0.3 is 10.2 Å². The van der Waals surface area contributed by atoms with Crippen molar-refractivity contribution >= 4 is 62.3 Å². The first kappa shape index (κ1) is 29.2. The third-order valence-corrected chi connectivity index (χ3v) is 7.74. The van der Waals surface area contributed by atoms with Crippen LogP contribution in [0, 0.1) is 6.92 Å². The van der Waals surface area contributed by atoms with Crippen molar-refractivity contribution in [3.63, 3.8) is 0 Å². The molecule has 0 aliphatic carbocycles. The second-order valence-corrected chi connectivity index (χ2v) is 11.3. The molecule has 0 aliphatic heterocycles. The van der Waals surface area contributed by atoms with Gasteiger partial charge in [-0.25, -0.2) is 8.42 Å². The van der Waals surface area contributed by atoms with E-state index in [1.807, 2.05) is 6.92 Å². The van der Waals surface area contributed by atoms with Crippen molar-refractivity contribution in [3.05, 3.63) is 62.6 Å². The minimum absolute atomic E-state index is 0.0151. The largest absolute Gasteiger partial charge is 0.357 e. The molecule has 11 heteroatoms. The number of hydrogen-bond acceptors (Lipinski definition) is 4. The number of amides is 2. The van der Waals surface area contributed by atoms with Gasteiger partial charge >= 0.3 is 0 Å². The Kier molecular flexibility index (Phi) is 10.7. The fourth-order valence-electron chi connectivity index (χ4n) is 3.77. The molecule has 0 heterocycles. The number of halogens is 3. The molecule has 192 valence electrons. The number of likely N-dealkylation sites (N-methyl/N-ethyl adjacent to an activating group) is 1. The van der Waals surface area contributed by atoms with Crippen LogP contribution >= 0.6 is 34.8 Å². The van der Waals surface area contributed by atoms with Gasteiger partial charge in [-0.2, -0.15) is 0 Å². The fourth-order valence-corrected chi connectivity index (χ4v) is 5.47. The standard InChI is InChI=1S/C24H30Cl3N3O4S/c1-5-21(24(32)28-3)29(15-18-19(26)8-6-9-20(18)27)23(31)10-7-13-30(35(4,33)34)22-14-17(25)12-11-16(22)2/h6,8-9,11-12,14,21H,5,7,10,13,15H2,1-4H3,(H,28,32)/t21-/m1/s1. The van der Waals surface area contributed by atoms with E-state index in [0.29, 0.717) is 32.7 Å². The summed E-state index contributed by atoms with van der Waals surface area (Å²) in [6, 6.07) is 9.32. The predicted molar refractivity (Wildman–Crippen MR) is 143 cm³/mol. The Labute approximate surface area is 222 Å². The highest BCUT2D eigenvalue weighted by atomic mass is 35.5. The van der Waals surface area contributed by atoms with E-state index in [4.69, 9.17) is 34.8 Å². The van der Waals surface area contributed by atoms with Gasteiger partial charge in [0.2, 0.25) is 21.8 Å². The van der Waals surface area contributed by atoms with E-state index in [1.165, 1.54) is 16.3 Å². The van der Waals surface area contributed by atoms with Crippen LogP contribution in [-0.2, 0) is 26.2 Å². The van der Waals surface area contributed by atoms with E-state index in [1.54, 1.807) is 43.3 Å². The summed E-state index contributed by atoms with van der Waals surface area (Å²) in [5.74, 6) is -0.621. The second kappa shape index (κ2) is 12.8. The van der Waals surface area contributed by atoms with Crippen LogP contribution in [0.3, 0.4) is 0 Å². The predicted octanol–water partition coefficient (Wildman–Crippen LogP) is 5.05. The highest BCUT2D eigenvalue weighted by Gasteiger charge is 2.29. The average molecular weight is 563 g/mol. The van der Waals surface area contributed by atoms with Crippen LogP contribution in [0.15, 0.2) is 36.4 Å². The maximum Gasteiger partial charge on any atom is 0.242 e. The summed E-state index contributed by atoms with van der Waals surface area (Å²) in [5, 5.41) is 3.79. The number of carbonyl (C=O) groups is 2. The van der Waals surface area contributed by atoms with E-state index in [-0.39, 0.29) is 37.7 Å². The van der Waals surface area contributed by atoms with Gasteiger partial charge in [0.05, 0.1) is 11.9 Å². The smallest absolute Gasteiger partial charge is 0.242 e. The van der Waals surface area contributed by atoms with E-state index in [9.17, 15) is 18.0 Å². The highest BCUT2D eigenvalue weighted by molar-refractivity contribution is 7.92. The third kappa shape index (κ3) is 7.74. The van der Waals surface area contributed by atoms with Crippen molar-refractivity contribution < 1.29 is 18.0 Å². The zero-order chi connectivity index (χ0) is 26.3. The number of hydrogen-bond donors (Lipinski definition) is 1. The maximum atomic E-state index is 13.4. The first-order valence-corrected chi connectivity index (χ1v) is 14.1. The van der Waals surface area contributed by atoms with Crippen LogP contribution in [0.25, 0.3) is 0 Å². The highest BCUT2D eigenvalue weighted by Crippen LogP contribution is 2.29. The molecule has 2 rings (SSSR count). The number of carbonyl (C=O) groups excluding carboxylic acids is 2. The van der Waals surface area contributed by atoms with Gasteiger partial charge in [0, 0.05) is 47.2 Å². The molecule has 0 fully saturated rings. The lowest BCUT2D eigenvalue weighted by Crippen LogP contribution is -2.48. The van der Waals surface area contributed by atoms with Gasteiger partial charge in [-0.3, -0.25) is 13.9 Å². The maximum absolute atomic E-state index is 13.4. The number of aryl methyl sites for hydroxylation is 1. The molecule has 1 N–H and O–H groups in total. The van der Waals surface area contributed by atoms with Gasteiger partial charge in [-0.15, -0.1) is 0 Å². The normalized spacial score (nSPS) is 12.2. The van der Waals surface area contributed by atoms with Gasteiger partial charge in [-0.1, -0.05) is 53.9 Å². The number of rotatable bonds is 11. The van der Waals surface area contributed by atoms with Crippen LogP contribution < -0.4 is 9.62 Å². The summed E-state index contributed by atoms with van der Waals surface area (Å²) < 4.78 is 26.3.